The molecule has 0 radical (unpaired) electrons. The van der Waals surface area contributed by atoms with Gasteiger partial charge in [0.1, 0.15) is 5.82 Å². The normalized spacial score (nSPS) is 18.1. The molecule has 6 heteroatoms. The van der Waals surface area contributed by atoms with Gasteiger partial charge in [-0.15, -0.1) is 5.10 Å². The largest absolute Gasteiger partial charge is 0.494 e. The van der Waals surface area contributed by atoms with Crippen molar-refractivity contribution in [2.45, 2.75) is 25.3 Å². The minimum atomic E-state index is -0.330. The Morgan fingerprint density at radius 3 is 3.05 bits per heavy atom. The zero-order valence-electron chi connectivity index (χ0n) is 10.6. The first-order valence-corrected chi connectivity index (χ1v) is 6.20. The molecule has 0 amide bonds. The summed E-state index contributed by atoms with van der Waals surface area (Å²) in [7, 11) is 1.46. The molecule has 1 aliphatic heterocycles. The van der Waals surface area contributed by atoms with Gasteiger partial charge in [0.05, 0.1) is 7.11 Å². The van der Waals surface area contributed by atoms with Crippen LogP contribution in [0.4, 0.5) is 10.3 Å². The number of aromatic nitrogens is 3. The highest BCUT2D eigenvalue weighted by molar-refractivity contribution is 5.32. The standard InChI is InChI=1S/C13H15FN4O/c1-19-11-4-2-8(6-10(11)14)9-3-5-12-16-13(15)17-18(12)7-9/h2,4,6,9H,3,5,7H2,1H3,(H2,15,17). The van der Waals surface area contributed by atoms with Gasteiger partial charge >= 0.3 is 0 Å². The fourth-order valence-corrected chi connectivity index (χ4v) is 2.54. The second-order valence-corrected chi connectivity index (χ2v) is 4.70. The summed E-state index contributed by atoms with van der Waals surface area (Å²) >= 11 is 0. The lowest BCUT2D eigenvalue weighted by molar-refractivity contribution is 0.383. The van der Waals surface area contributed by atoms with Crippen molar-refractivity contribution in [2.24, 2.45) is 0 Å². The van der Waals surface area contributed by atoms with Gasteiger partial charge in [0.15, 0.2) is 11.6 Å². The smallest absolute Gasteiger partial charge is 0.239 e. The molecule has 2 heterocycles. The van der Waals surface area contributed by atoms with Crippen LogP contribution in [0.25, 0.3) is 0 Å². The summed E-state index contributed by atoms with van der Waals surface area (Å²) in [6.45, 7) is 0.686. The fourth-order valence-electron chi connectivity index (χ4n) is 2.54. The third-order valence-electron chi connectivity index (χ3n) is 3.52. The molecular formula is C13H15FN4O. The van der Waals surface area contributed by atoms with Crippen LogP contribution in [0, 0.1) is 5.82 Å². The van der Waals surface area contributed by atoms with Crippen LogP contribution in [0.3, 0.4) is 0 Å². The fraction of sp³-hybridized carbons (Fsp3) is 0.385. The van der Waals surface area contributed by atoms with E-state index in [4.69, 9.17) is 10.5 Å². The Bertz CT molecular complexity index is 611. The van der Waals surface area contributed by atoms with Crippen LogP contribution in [0.1, 0.15) is 23.7 Å². The van der Waals surface area contributed by atoms with Crippen LogP contribution >= 0.6 is 0 Å². The minimum Gasteiger partial charge on any atom is -0.494 e. The first-order valence-electron chi connectivity index (χ1n) is 6.20. The molecule has 0 saturated heterocycles. The lowest BCUT2D eigenvalue weighted by Crippen LogP contribution is -2.20. The molecule has 0 bridgehead atoms. The number of fused-ring (bicyclic) bond motifs is 1. The van der Waals surface area contributed by atoms with Crippen molar-refractivity contribution in [1.82, 2.24) is 14.8 Å². The zero-order valence-corrected chi connectivity index (χ0v) is 10.6. The number of nitrogens with two attached hydrogens (primary N) is 1. The van der Waals surface area contributed by atoms with Crippen LogP contribution in [0.2, 0.25) is 0 Å². The molecule has 5 nitrogen and oxygen atoms in total. The highest BCUT2D eigenvalue weighted by Crippen LogP contribution is 2.30. The highest BCUT2D eigenvalue weighted by atomic mass is 19.1. The molecule has 0 spiro atoms. The Morgan fingerprint density at radius 1 is 1.47 bits per heavy atom. The average Bonchev–Trinajstić information content (AvgIpc) is 2.77. The average molecular weight is 262 g/mol. The summed E-state index contributed by atoms with van der Waals surface area (Å²) in [5.74, 6) is 1.38. The first kappa shape index (κ1) is 12.0. The molecule has 1 aromatic carbocycles. The number of methoxy groups -OCH3 is 1. The third kappa shape index (κ3) is 2.14. The number of aryl methyl sites for hydroxylation is 1. The number of anilines is 1. The van der Waals surface area contributed by atoms with Crippen LogP contribution in [0.5, 0.6) is 5.75 Å². The molecule has 19 heavy (non-hydrogen) atoms. The summed E-state index contributed by atoms with van der Waals surface area (Å²) in [4.78, 5) is 4.16. The lowest BCUT2D eigenvalue weighted by Gasteiger charge is -2.23. The predicted octanol–water partition coefficient (Wildman–Crippen LogP) is 1.74. The molecule has 2 N–H and O–H groups in total. The molecule has 0 saturated carbocycles. The molecule has 1 aliphatic rings. The SMILES string of the molecule is COc1ccc(C2CCc3nc(N)nn3C2)cc1F. The number of halogens is 1. The molecular weight excluding hydrogens is 247 g/mol. The highest BCUT2D eigenvalue weighted by Gasteiger charge is 2.23. The maximum Gasteiger partial charge on any atom is 0.239 e. The van der Waals surface area contributed by atoms with E-state index >= 15 is 0 Å². The van der Waals surface area contributed by atoms with Gasteiger partial charge in [-0.05, 0) is 24.1 Å². The van der Waals surface area contributed by atoms with Gasteiger partial charge in [0, 0.05) is 18.9 Å². The van der Waals surface area contributed by atoms with Crippen LogP contribution in [0.15, 0.2) is 18.2 Å². The number of hydrogen-bond acceptors (Lipinski definition) is 4. The van der Waals surface area contributed by atoms with Crippen molar-refractivity contribution in [3.8, 4) is 5.75 Å². The Kier molecular flexibility index (Phi) is 2.85. The Labute approximate surface area is 110 Å². The second kappa shape index (κ2) is 4.53. The number of ether oxygens (including phenoxy) is 1. The van der Waals surface area contributed by atoms with Crippen LogP contribution < -0.4 is 10.5 Å². The van der Waals surface area contributed by atoms with Gasteiger partial charge in [0.25, 0.3) is 0 Å². The van der Waals surface area contributed by atoms with E-state index < -0.39 is 0 Å². The third-order valence-corrected chi connectivity index (χ3v) is 3.52. The van der Waals surface area contributed by atoms with Gasteiger partial charge < -0.3 is 10.5 Å². The maximum absolute atomic E-state index is 13.7. The number of hydrogen-bond donors (Lipinski definition) is 1. The maximum atomic E-state index is 13.7. The van der Waals surface area contributed by atoms with Crippen molar-refractivity contribution in [1.29, 1.82) is 0 Å². The predicted molar refractivity (Wildman–Crippen MR) is 68.4 cm³/mol. The summed E-state index contributed by atoms with van der Waals surface area (Å²) in [6, 6.07) is 5.10. The first-order chi connectivity index (χ1) is 9.17. The molecule has 100 valence electrons. The Morgan fingerprint density at radius 2 is 2.32 bits per heavy atom. The van der Waals surface area contributed by atoms with E-state index in [9.17, 15) is 4.39 Å². The van der Waals surface area contributed by atoms with E-state index in [2.05, 4.69) is 10.1 Å². The van der Waals surface area contributed by atoms with Crippen molar-refractivity contribution in [2.75, 3.05) is 12.8 Å². The summed E-state index contributed by atoms with van der Waals surface area (Å²) in [6.07, 6.45) is 1.73. The van der Waals surface area contributed by atoms with Gasteiger partial charge in [-0.3, -0.25) is 0 Å². The second-order valence-electron chi connectivity index (χ2n) is 4.70. The number of nitrogens with zero attached hydrogens (tertiary/aromatic N) is 3. The quantitative estimate of drug-likeness (QED) is 0.895. The van der Waals surface area contributed by atoms with Crippen molar-refractivity contribution >= 4 is 5.95 Å². The molecule has 2 aromatic rings. The molecule has 3 rings (SSSR count). The van der Waals surface area contributed by atoms with E-state index in [-0.39, 0.29) is 17.5 Å². The van der Waals surface area contributed by atoms with Gasteiger partial charge in [-0.2, -0.15) is 4.98 Å². The summed E-state index contributed by atoms with van der Waals surface area (Å²) < 4.78 is 20.5. The molecule has 1 unspecified atom stereocenters. The van der Waals surface area contributed by atoms with E-state index in [0.29, 0.717) is 12.5 Å². The van der Waals surface area contributed by atoms with Gasteiger partial charge in [-0.25, -0.2) is 9.07 Å². The zero-order chi connectivity index (χ0) is 13.4. The van der Waals surface area contributed by atoms with E-state index in [1.807, 2.05) is 10.7 Å². The number of nitrogen functional groups attached to an aromatic ring is 1. The molecule has 0 aliphatic carbocycles. The molecule has 0 fully saturated rings. The van der Waals surface area contributed by atoms with Crippen molar-refractivity contribution in [3.05, 3.63) is 35.4 Å². The van der Waals surface area contributed by atoms with Gasteiger partial charge in [-0.1, -0.05) is 6.07 Å². The minimum absolute atomic E-state index is 0.231. The van der Waals surface area contributed by atoms with E-state index in [1.54, 1.807) is 6.07 Å². The topological polar surface area (TPSA) is 66.0 Å². The van der Waals surface area contributed by atoms with Crippen molar-refractivity contribution < 1.29 is 9.13 Å². The summed E-state index contributed by atoms with van der Waals surface area (Å²) in [5, 5.41) is 4.15. The van der Waals surface area contributed by atoms with Crippen LogP contribution in [-0.2, 0) is 13.0 Å². The van der Waals surface area contributed by atoms with E-state index in [0.717, 1.165) is 24.2 Å². The van der Waals surface area contributed by atoms with Crippen LogP contribution in [-0.4, -0.2) is 21.9 Å². The monoisotopic (exact) mass is 262 g/mol. The summed E-state index contributed by atoms with van der Waals surface area (Å²) in [5.41, 5.74) is 6.54. The number of benzene rings is 1. The molecule has 1 aromatic heterocycles. The Hall–Kier alpha value is -2.11. The number of rotatable bonds is 2. The molecule has 1 atom stereocenters. The lowest BCUT2D eigenvalue weighted by atomic mass is 9.91. The van der Waals surface area contributed by atoms with E-state index in [1.165, 1.54) is 13.2 Å². The Balaban J connectivity index is 1.86. The van der Waals surface area contributed by atoms with Gasteiger partial charge in [0.2, 0.25) is 5.95 Å². The van der Waals surface area contributed by atoms with Crippen molar-refractivity contribution in [3.63, 3.8) is 0 Å².